The van der Waals surface area contributed by atoms with Crippen LogP contribution in [-0.2, 0) is 0 Å². The lowest BCUT2D eigenvalue weighted by Crippen LogP contribution is -2.51. The third-order valence-corrected chi connectivity index (χ3v) is 4.20. The summed E-state index contributed by atoms with van der Waals surface area (Å²) in [5.41, 5.74) is 1.39. The van der Waals surface area contributed by atoms with Crippen molar-refractivity contribution in [1.29, 1.82) is 0 Å². The monoisotopic (exact) mass is 261 g/mol. The summed E-state index contributed by atoms with van der Waals surface area (Å²) >= 11 is 0. The van der Waals surface area contributed by atoms with Gasteiger partial charge in [0, 0.05) is 38.3 Å². The number of benzene rings is 1. The van der Waals surface area contributed by atoms with E-state index in [2.05, 4.69) is 66.8 Å². The van der Waals surface area contributed by atoms with Crippen LogP contribution >= 0.6 is 0 Å². The molecule has 106 valence electrons. The van der Waals surface area contributed by atoms with E-state index < -0.39 is 0 Å². The van der Waals surface area contributed by atoms with Gasteiger partial charge in [-0.15, -0.1) is 0 Å². The highest BCUT2D eigenvalue weighted by atomic mass is 15.2. The maximum Gasteiger partial charge on any atom is 0.0355 e. The van der Waals surface area contributed by atoms with Crippen molar-refractivity contribution in [2.75, 3.05) is 33.2 Å². The Morgan fingerprint density at radius 2 is 2.11 bits per heavy atom. The molecular weight excluding hydrogens is 234 g/mol. The molecule has 1 aromatic carbocycles. The fourth-order valence-electron chi connectivity index (χ4n) is 3.07. The van der Waals surface area contributed by atoms with Crippen molar-refractivity contribution in [3.63, 3.8) is 0 Å². The normalized spacial score (nSPS) is 24.1. The van der Waals surface area contributed by atoms with Crippen molar-refractivity contribution >= 4 is 0 Å². The third kappa shape index (κ3) is 3.78. The highest BCUT2D eigenvalue weighted by Crippen LogP contribution is 2.23. The maximum absolute atomic E-state index is 3.48. The fourth-order valence-corrected chi connectivity index (χ4v) is 3.07. The first-order valence-corrected chi connectivity index (χ1v) is 7.39. The Hall–Kier alpha value is -0.900. The topological polar surface area (TPSA) is 27.3 Å². The van der Waals surface area contributed by atoms with Crippen molar-refractivity contribution in [2.45, 2.75) is 25.9 Å². The van der Waals surface area contributed by atoms with E-state index >= 15 is 0 Å². The minimum Gasteiger partial charge on any atom is -0.314 e. The summed E-state index contributed by atoms with van der Waals surface area (Å²) in [5.74, 6) is 0.605. The molecule has 3 atom stereocenters. The standard InChI is InChI=1S/C16H27N3/c1-13(12-19-10-9-18-11-14(19)2)16(17-3)15-7-5-4-6-8-15/h4-8,13-14,16-18H,9-12H2,1-3H3/t13-,14+,16?/m0/s1. The van der Waals surface area contributed by atoms with Crippen LogP contribution in [0.3, 0.4) is 0 Å². The Kier molecular flexibility index (Phi) is 5.37. The summed E-state index contributed by atoms with van der Waals surface area (Å²) in [6.45, 7) is 9.22. The second-order valence-electron chi connectivity index (χ2n) is 5.70. The zero-order chi connectivity index (χ0) is 13.7. The zero-order valence-electron chi connectivity index (χ0n) is 12.4. The van der Waals surface area contributed by atoms with Gasteiger partial charge >= 0.3 is 0 Å². The van der Waals surface area contributed by atoms with Crippen LogP contribution in [0, 0.1) is 5.92 Å². The number of rotatable bonds is 5. The van der Waals surface area contributed by atoms with Gasteiger partial charge in [-0.05, 0) is 25.5 Å². The van der Waals surface area contributed by atoms with E-state index in [0.717, 1.165) is 26.2 Å². The average molecular weight is 261 g/mol. The summed E-state index contributed by atoms with van der Waals surface area (Å²) < 4.78 is 0. The summed E-state index contributed by atoms with van der Waals surface area (Å²) in [6, 6.07) is 11.9. The largest absolute Gasteiger partial charge is 0.314 e. The van der Waals surface area contributed by atoms with Crippen LogP contribution in [0.4, 0.5) is 0 Å². The quantitative estimate of drug-likeness (QED) is 0.847. The van der Waals surface area contributed by atoms with E-state index in [4.69, 9.17) is 0 Å². The molecule has 0 spiro atoms. The van der Waals surface area contributed by atoms with Crippen LogP contribution in [0.25, 0.3) is 0 Å². The Morgan fingerprint density at radius 1 is 1.37 bits per heavy atom. The van der Waals surface area contributed by atoms with Crippen LogP contribution < -0.4 is 10.6 Å². The third-order valence-electron chi connectivity index (χ3n) is 4.20. The number of hydrogen-bond donors (Lipinski definition) is 2. The van der Waals surface area contributed by atoms with Gasteiger partial charge in [-0.3, -0.25) is 4.90 Å². The molecular formula is C16H27N3. The minimum absolute atomic E-state index is 0.434. The molecule has 19 heavy (non-hydrogen) atoms. The fraction of sp³-hybridized carbons (Fsp3) is 0.625. The molecule has 1 fully saturated rings. The van der Waals surface area contributed by atoms with Crippen LogP contribution in [0.1, 0.15) is 25.5 Å². The zero-order valence-corrected chi connectivity index (χ0v) is 12.4. The highest BCUT2D eigenvalue weighted by molar-refractivity contribution is 5.19. The first-order valence-electron chi connectivity index (χ1n) is 7.39. The molecule has 0 aliphatic carbocycles. The van der Waals surface area contributed by atoms with Gasteiger partial charge in [-0.2, -0.15) is 0 Å². The van der Waals surface area contributed by atoms with Crippen molar-refractivity contribution < 1.29 is 0 Å². The Balaban J connectivity index is 1.98. The molecule has 1 aliphatic heterocycles. The molecule has 1 aliphatic rings. The number of nitrogens with zero attached hydrogens (tertiary/aromatic N) is 1. The lowest BCUT2D eigenvalue weighted by atomic mass is 9.93. The molecule has 0 aromatic heterocycles. The van der Waals surface area contributed by atoms with Gasteiger partial charge in [0.05, 0.1) is 0 Å². The van der Waals surface area contributed by atoms with Crippen molar-refractivity contribution in [3.05, 3.63) is 35.9 Å². The first-order chi connectivity index (χ1) is 9.22. The van der Waals surface area contributed by atoms with Crippen molar-refractivity contribution in [1.82, 2.24) is 15.5 Å². The van der Waals surface area contributed by atoms with Crippen LogP contribution in [0.15, 0.2) is 30.3 Å². The van der Waals surface area contributed by atoms with E-state index in [9.17, 15) is 0 Å². The Bertz CT molecular complexity index is 366. The molecule has 0 saturated carbocycles. The van der Waals surface area contributed by atoms with Crippen molar-refractivity contribution in [3.8, 4) is 0 Å². The van der Waals surface area contributed by atoms with Gasteiger partial charge in [-0.25, -0.2) is 0 Å². The van der Waals surface area contributed by atoms with Gasteiger partial charge in [0.25, 0.3) is 0 Å². The Morgan fingerprint density at radius 3 is 2.74 bits per heavy atom. The molecule has 1 heterocycles. The van der Waals surface area contributed by atoms with Crippen LogP contribution in [-0.4, -0.2) is 44.2 Å². The van der Waals surface area contributed by atoms with Gasteiger partial charge in [0.15, 0.2) is 0 Å². The molecule has 3 nitrogen and oxygen atoms in total. The smallest absolute Gasteiger partial charge is 0.0355 e. The second-order valence-corrected chi connectivity index (χ2v) is 5.70. The van der Waals surface area contributed by atoms with Crippen molar-refractivity contribution in [2.24, 2.45) is 5.92 Å². The first kappa shape index (κ1) is 14.5. The highest BCUT2D eigenvalue weighted by Gasteiger charge is 2.24. The number of nitrogens with one attached hydrogen (secondary N) is 2. The van der Waals surface area contributed by atoms with E-state index in [1.54, 1.807) is 0 Å². The van der Waals surface area contributed by atoms with Gasteiger partial charge in [0.1, 0.15) is 0 Å². The Labute approximate surface area is 117 Å². The lowest BCUT2D eigenvalue weighted by molar-refractivity contribution is 0.140. The van der Waals surface area contributed by atoms with Gasteiger partial charge in [0.2, 0.25) is 0 Å². The van der Waals surface area contributed by atoms with Gasteiger partial charge in [-0.1, -0.05) is 37.3 Å². The second kappa shape index (κ2) is 7.04. The van der Waals surface area contributed by atoms with Gasteiger partial charge < -0.3 is 10.6 Å². The van der Waals surface area contributed by atoms with E-state index in [0.29, 0.717) is 18.0 Å². The van der Waals surface area contributed by atoms with E-state index in [-0.39, 0.29) is 0 Å². The molecule has 0 bridgehead atoms. The maximum atomic E-state index is 3.48. The molecule has 0 amide bonds. The van der Waals surface area contributed by atoms with Crippen LogP contribution in [0.5, 0.6) is 0 Å². The van der Waals surface area contributed by atoms with Crippen LogP contribution in [0.2, 0.25) is 0 Å². The minimum atomic E-state index is 0.434. The molecule has 0 radical (unpaired) electrons. The van der Waals surface area contributed by atoms with E-state index in [1.165, 1.54) is 5.56 Å². The molecule has 1 aromatic rings. The summed E-state index contributed by atoms with van der Waals surface area (Å²) in [7, 11) is 2.06. The SMILES string of the molecule is CNC(c1ccccc1)[C@@H](C)CN1CCNC[C@H]1C. The summed E-state index contributed by atoms with van der Waals surface area (Å²) in [5, 5.41) is 6.94. The van der Waals surface area contributed by atoms with E-state index in [1.807, 2.05) is 0 Å². The molecule has 2 rings (SSSR count). The lowest BCUT2D eigenvalue weighted by Gasteiger charge is -2.37. The summed E-state index contributed by atoms with van der Waals surface area (Å²) in [4.78, 5) is 2.61. The summed E-state index contributed by atoms with van der Waals surface area (Å²) in [6.07, 6.45) is 0. The molecule has 1 saturated heterocycles. The molecule has 3 heteroatoms. The number of piperazine rings is 1. The predicted molar refractivity (Wildman–Crippen MR) is 81.3 cm³/mol. The number of hydrogen-bond acceptors (Lipinski definition) is 3. The predicted octanol–water partition coefficient (Wildman–Crippen LogP) is 1.88. The molecule has 1 unspecified atom stereocenters. The average Bonchev–Trinajstić information content (AvgIpc) is 2.43. The molecule has 2 N–H and O–H groups in total.